The Balaban J connectivity index is 1.48. The molecule has 24 heavy (non-hydrogen) atoms. The van der Waals surface area contributed by atoms with Crippen LogP contribution in [0.25, 0.3) is 0 Å². The Morgan fingerprint density at radius 3 is 2.88 bits per heavy atom. The van der Waals surface area contributed by atoms with E-state index in [0.717, 1.165) is 31.5 Å². The fourth-order valence-corrected chi connectivity index (χ4v) is 5.01. The molecular formula is C19H23N3OS. The average Bonchev–Trinajstić information content (AvgIpc) is 3.18. The minimum absolute atomic E-state index is 0.300. The fourth-order valence-electron chi connectivity index (χ4n) is 4.10. The third-order valence-electron chi connectivity index (χ3n) is 5.23. The zero-order chi connectivity index (χ0) is 16.5. The van der Waals surface area contributed by atoms with Crippen LogP contribution < -0.4 is 0 Å². The van der Waals surface area contributed by atoms with Crippen molar-refractivity contribution >= 4 is 17.2 Å². The van der Waals surface area contributed by atoms with Crippen molar-refractivity contribution in [2.75, 3.05) is 6.54 Å². The van der Waals surface area contributed by atoms with Crippen LogP contribution in [0.5, 0.6) is 0 Å². The van der Waals surface area contributed by atoms with Crippen LogP contribution in [0.2, 0.25) is 0 Å². The van der Waals surface area contributed by atoms with Crippen molar-refractivity contribution in [3.05, 3.63) is 52.0 Å². The lowest BCUT2D eigenvalue weighted by atomic mass is 9.95. The SMILES string of the molecule is Cc1ccc(CN2CC[C@@H]3[C@H]2CCC(=O)N3Cc2cccnc2)s1. The van der Waals surface area contributed by atoms with Crippen molar-refractivity contribution in [1.29, 1.82) is 0 Å². The molecule has 1 amide bonds. The van der Waals surface area contributed by atoms with Gasteiger partial charge >= 0.3 is 0 Å². The molecule has 2 aliphatic heterocycles. The van der Waals surface area contributed by atoms with Gasteiger partial charge in [-0.3, -0.25) is 14.7 Å². The number of hydrogen-bond donors (Lipinski definition) is 0. The van der Waals surface area contributed by atoms with E-state index < -0.39 is 0 Å². The molecule has 2 aromatic rings. The van der Waals surface area contributed by atoms with Crippen molar-refractivity contribution in [2.45, 2.75) is 51.4 Å². The average molecular weight is 341 g/mol. The number of piperidine rings is 1. The number of amides is 1. The van der Waals surface area contributed by atoms with E-state index in [4.69, 9.17) is 0 Å². The summed E-state index contributed by atoms with van der Waals surface area (Å²) in [5, 5.41) is 0. The summed E-state index contributed by atoms with van der Waals surface area (Å²) < 4.78 is 0. The van der Waals surface area contributed by atoms with E-state index in [-0.39, 0.29) is 0 Å². The van der Waals surface area contributed by atoms with E-state index in [2.05, 4.69) is 39.9 Å². The first-order valence-corrected chi connectivity index (χ1v) is 9.50. The van der Waals surface area contributed by atoms with Gasteiger partial charge in [0, 0.05) is 60.3 Å². The molecular weight excluding hydrogens is 318 g/mol. The monoisotopic (exact) mass is 341 g/mol. The molecule has 126 valence electrons. The van der Waals surface area contributed by atoms with Gasteiger partial charge in [-0.05, 0) is 43.5 Å². The van der Waals surface area contributed by atoms with E-state index in [0.29, 0.717) is 31.0 Å². The van der Waals surface area contributed by atoms with Gasteiger partial charge in [-0.2, -0.15) is 0 Å². The highest BCUT2D eigenvalue weighted by atomic mass is 32.1. The molecule has 0 aromatic carbocycles. The number of carbonyl (C=O) groups excluding carboxylic acids is 1. The van der Waals surface area contributed by atoms with Gasteiger partial charge in [0.25, 0.3) is 0 Å². The van der Waals surface area contributed by atoms with Crippen LogP contribution in [0.3, 0.4) is 0 Å². The van der Waals surface area contributed by atoms with Crippen molar-refractivity contribution in [1.82, 2.24) is 14.8 Å². The molecule has 0 spiro atoms. The van der Waals surface area contributed by atoms with Crippen molar-refractivity contribution in [3.63, 3.8) is 0 Å². The normalized spacial score (nSPS) is 24.4. The second-order valence-corrected chi connectivity index (χ2v) is 8.20. The summed E-state index contributed by atoms with van der Waals surface area (Å²) in [6.07, 6.45) is 6.41. The highest BCUT2D eigenvalue weighted by Gasteiger charge is 2.42. The Kier molecular flexibility index (Phi) is 4.37. The summed E-state index contributed by atoms with van der Waals surface area (Å²) in [6.45, 7) is 4.97. The molecule has 0 aliphatic carbocycles. The maximum Gasteiger partial charge on any atom is 0.223 e. The third kappa shape index (κ3) is 3.10. The number of thiophene rings is 1. The Labute approximate surface area is 147 Å². The van der Waals surface area contributed by atoms with Gasteiger partial charge < -0.3 is 4.90 Å². The Morgan fingerprint density at radius 1 is 1.21 bits per heavy atom. The van der Waals surface area contributed by atoms with E-state index in [1.807, 2.05) is 23.6 Å². The number of fused-ring (bicyclic) bond motifs is 1. The molecule has 2 saturated heterocycles. The number of pyridine rings is 1. The second-order valence-electron chi connectivity index (χ2n) is 6.83. The van der Waals surface area contributed by atoms with Crippen LogP contribution in [-0.2, 0) is 17.9 Å². The molecule has 0 bridgehead atoms. The van der Waals surface area contributed by atoms with Crippen LogP contribution in [-0.4, -0.2) is 39.3 Å². The number of likely N-dealkylation sites (tertiary alicyclic amines) is 2. The van der Waals surface area contributed by atoms with Crippen LogP contribution in [0.1, 0.15) is 34.6 Å². The fraction of sp³-hybridized carbons (Fsp3) is 0.474. The lowest BCUT2D eigenvalue weighted by Crippen LogP contribution is -2.51. The summed E-state index contributed by atoms with van der Waals surface area (Å²) in [6, 6.07) is 9.31. The summed E-state index contributed by atoms with van der Waals surface area (Å²) in [7, 11) is 0. The van der Waals surface area contributed by atoms with Crippen LogP contribution in [0, 0.1) is 6.92 Å². The minimum Gasteiger partial charge on any atom is -0.334 e. The zero-order valence-corrected chi connectivity index (χ0v) is 14.8. The predicted octanol–water partition coefficient (Wildman–Crippen LogP) is 3.22. The van der Waals surface area contributed by atoms with E-state index >= 15 is 0 Å². The summed E-state index contributed by atoms with van der Waals surface area (Å²) in [5.41, 5.74) is 1.12. The minimum atomic E-state index is 0.300. The zero-order valence-electron chi connectivity index (χ0n) is 14.0. The molecule has 0 unspecified atom stereocenters. The number of nitrogens with zero attached hydrogens (tertiary/aromatic N) is 3. The number of carbonyl (C=O) groups is 1. The molecule has 2 aromatic heterocycles. The maximum absolute atomic E-state index is 12.5. The van der Waals surface area contributed by atoms with E-state index in [1.54, 1.807) is 6.20 Å². The quantitative estimate of drug-likeness (QED) is 0.857. The smallest absolute Gasteiger partial charge is 0.223 e. The first-order valence-electron chi connectivity index (χ1n) is 8.68. The molecule has 2 fully saturated rings. The largest absolute Gasteiger partial charge is 0.334 e. The van der Waals surface area contributed by atoms with E-state index in [1.165, 1.54) is 9.75 Å². The highest BCUT2D eigenvalue weighted by Crippen LogP contribution is 2.34. The number of hydrogen-bond acceptors (Lipinski definition) is 4. The maximum atomic E-state index is 12.5. The molecule has 2 atom stereocenters. The van der Waals surface area contributed by atoms with Crippen molar-refractivity contribution in [2.24, 2.45) is 0 Å². The van der Waals surface area contributed by atoms with E-state index in [9.17, 15) is 4.79 Å². The first kappa shape index (κ1) is 15.8. The van der Waals surface area contributed by atoms with Crippen LogP contribution in [0.15, 0.2) is 36.7 Å². The predicted molar refractivity (Wildman–Crippen MR) is 95.7 cm³/mol. The van der Waals surface area contributed by atoms with Gasteiger partial charge in [0.05, 0.1) is 0 Å². The summed E-state index contributed by atoms with van der Waals surface area (Å²) in [5.74, 6) is 0.300. The molecule has 5 heteroatoms. The molecule has 2 aliphatic rings. The Morgan fingerprint density at radius 2 is 2.12 bits per heavy atom. The molecule has 0 N–H and O–H groups in total. The Hall–Kier alpha value is -1.72. The first-order chi connectivity index (χ1) is 11.7. The van der Waals surface area contributed by atoms with Gasteiger partial charge in [-0.25, -0.2) is 0 Å². The van der Waals surface area contributed by atoms with Gasteiger partial charge in [0.15, 0.2) is 0 Å². The van der Waals surface area contributed by atoms with Crippen LogP contribution >= 0.6 is 11.3 Å². The summed E-state index contributed by atoms with van der Waals surface area (Å²) in [4.78, 5) is 24.2. The molecule has 4 nitrogen and oxygen atoms in total. The number of aryl methyl sites for hydroxylation is 1. The third-order valence-corrected chi connectivity index (χ3v) is 6.22. The topological polar surface area (TPSA) is 36.4 Å². The van der Waals surface area contributed by atoms with Crippen molar-refractivity contribution < 1.29 is 4.79 Å². The van der Waals surface area contributed by atoms with Gasteiger partial charge in [0.1, 0.15) is 0 Å². The lowest BCUT2D eigenvalue weighted by molar-refractivity contribution is -0.138. The number of rotatable bonds is 4. The van der Waals surface area contributed by atoms with Gasteiger partial charge in [0.2, 0.25) is 5.91 Å². The Bertz CT molecular complexity index is 714. The van der Waals surface area contributed by atoms with Crippen LogP contribution in [0.4, 0.5) is 0 Å². The molecule has 0 saturated carbocycles. The standard InChI is InChI=1S/C19H23N3OS/c1-14-4-5-16(24-14)13-21-10-8-18-17(21)6-7-19(23)22(18)12-15-3-2-9-20-11-15/h2-5,9,11,17-18H,6-8,10,12-13H2,1H3/t17-,18-/m1/s1. The van der Waals surface area contributed by atoms with Gasteiger partial charge in [-0.1, -0.05) is 6.07 Å². The molecule has 4 rings (SSSR count). The molecule has 0 radical (unpaired) electrons. The van der Waals surface area contributed by atoms with Gasteiger partial charge in [-0.15, -0.1) is 11.3 Å². The lowest BCUT2D eigenvalue weighted by Gasteiger charge is -2.39. The summed E-state index contributed by atoms with van der Waals surface area (Å²) >= 11 is 1.89. The number of aromatic nitrogens is 1. The molecule has 4 heterocycles. The van der Waals surface area contributed by atoms with Crippen molar-refractivity contribution in [3.8, 4) is 0 Å². The highest BCUT2D eigenvalue weighted by molar-refractivity contribution is 7.11. The second kappa shape index (κ2) is 6.65.